The van der Waals surface area contributed by atoms with Gasteiger partial charge in [-0.2, -0.15) is 5.10 Å². The number of aromatic nitrogens is 1. The van der Waals surface area contributed by atoms with Crippen LogP contribution in [0, 0.1) is 0 Å². The van der Waals surface area contributed by atoms with Crippen molar-refractivity contribution in [1.82, 2.24) is 4.57 Å². The average Bonchev–Trinajstić information content (AvgIpc) is 2.85. The Morgan fingerprint density at radius 3 is 2.68 bits per heavy atom. The lowest BCUT2D eigenvalue weighted by Crippen LogP contribution is -2.09. The van der Waals surface area contributed by atoms with Crippen LogP contribution in [0.1, 0.15) is 15.9 Å². The summed E-state index contributed by atoms with van der Waals surface area (Å²) in [6, 6.07) is 14.7. The van der Waals surface area contributed by atoms with E-state index in [2.05, 4.69) is 10.2 Å². The number of fused-ring (bicyclic) bond motifs is 1. The molecule has 5 nitrogen and oxygen atoms in total. The molecule has 1 N–H and O–H groups in total. The second-order valence-electron chi connectivity index (χ2n) is 4.65. The third-order valence-electron chi connectivity index (χ3n) is 3.25. The van der Waals surface area contributed by atoms with Crippen LogP contribution in [0.4, 0.5) is 0 Å². The summed E-state index contributed by atoms with van der Waals surface area (Å²) in [5.41, 5.74) is 1.83. The second kappa shape index (κ2) is 5.95. The number of carbonyl (C=O) groups is 1. The monoisotopic (exact) mass is 311 g/mol. The van der Waals surface area contributed by atoms with Gasteiger partial charge in [-0.25, -0.2) is 4.79 Å². The van der Waals surface area contributed by atoms with E-state index in [1.165, 1.54) is 17.6 Å². The number of benzene rings is 2. The maximum atomic E-state index is 11.1. The van der Waals surface area contributed by atoms with Gasteiger partial charge in [0.2, 0.25) is 4.80 Å². The number of nitrogens with zero attached hydrogens (tertiary/aromatic N) is 3. The Morgan fingerprint density at radius 1 is 1.18 bits per heavy atom. The highest BCUT2D eigenvalue weighted by molar-refractivity contribution is 7.16. The van der Waals surface area contributed by atoms with Crippen molar-refractivity contribution < 1.29 is 9.90 Å². The van der Waals surface area contributed by atoms with Crippen molar-refractivity contribution in [2.45, 2.75) is 0 Å². The van der Waals surface area contributed by atoms with E-state index in [1.807, 2.05) is 35.9 Å². The summed E-state index contributed by atoms with van der Waals surface area (Å²) < 4.78 is 3.09. The number of hydrogen-bond donors (Lipinski definition) is 1. The topological polar surface area (TPSA) is 67.0 Å². The maximum Gasteiger partial charge on any atom is 0.336 e. The van der Waals surface area contributed by atoms with E-state index in [4.69, 9.17) is 5.11 Å². The number of para-hydroxylation sites is 1. The Labute approximate surface area is 130 Å². The van der Waals surface area contributed by atoms with Gasteiger partial charge in [0.25, 0.3) is 0 Å². The summed E-state index contributed by atoms with van der Waals surface area (Å²) in [7, 11) is 1.93. The van der Waals surface area contributed by atoms with E-state index in [0.29, 0.717) is 5.56 Å². The van der Waals surface area contributed by atoms with Crippen LogP contribution in [0.25, 0.3) is 10.2 Å². The van der Waals surface area contributed by atoms with Crippen molar-refractivity contribution in [3.63, 3.8) is 0 Å². The van der Waals surface area contributed by atoms with Gasteiger partial charge in [0.1, 0.15) is 0 Å². The fourth-order valence-electron chi connectivity index (χ4n) is 2.12. The second-order valence-corrected chi connectivity index (χ2v) is 5.66. The number of aromatic carboxylic acids is 1. The number of rotatable bonds is 3. The number of carboxylic acid groups (broad SMARTS) is 1. The minimum Gasteiger partial charge on any atom is -0.478 e. The van der Waals surface area contributed by atoms with Gasteiger partial charge in [-0.15, -0.1) is 5.10 Å². The zero-order chi connectivity index (χ0) is 15.5. The molecule has 0 bridgehead atoms. The lowest BCUT2D eigenvalue weighted by Gasteiger charge is -1.97. The van der Waals surface area contributed by atoms with Crippen LogP contribution in [0.5, 0.6) is 0 Å². The molecule has 0 saturated carbocycles. The molecular formula is C16H13N3O2S. The van der Waals surface area contributed by atoms with Gasteiger partial charge in [-0.1, -0.05) is 41.7 Å². The molecule has 6 heteroatoms. The number of thiazole rings is 1. The van der Waals surface area contributed by atoms with Crippen molar-refractivity contribution in [3.8, 4) is 0 Å². The van der Waals surface area contributed by atoms with E-state index in [0.717, 1.165) is 15.0 Å². The normalized spacial score (nSPS) is 12.3. The third-order valence-corrected chi connectivity index (χ3v) is 4.35. The molecule has 0 unspecified atom stereocenters. The van der Waals surface area contributed by atoms with Crippen molar-refractivity contribution in [1.29, 1.82) is 0 Å². The largest absolute Gasteiger partial charge is 0.478 e. The molecule has 0 aliphatic carbocycles. The fraction of sp³-hybridized carbons (Fsp3) is 0.0625. The van der Waals surface area contributed by atoms with E-state index < -0.39 is 5.97 Å². The Morgan fingerprint density at radius 2 is 1.91 bits per heavy atom. The molecule has 0 aliphatic heterocycles. The molecule has 0 radical (unpaired) electrons. The molecule has 0 spiro atoms. The minimum atomic E-state index is -0.977. The highest BCUT2D eigenvalue weighted by Gasteiger charge is 2.06. The Balaban J connectivity index is 1.99. The Bertz CT molecular complexity index is 938. The average molecular weight is 311 g/mol. The van der Waals surface area contributed by atoms with Crippen molar-refractivity contribution in [2.24, 2.45) is 17.3 Å². The quantitative estimate of drug-likeness (QED) is 0.597. The summed E-state index contributed by atoms with van der Waals surface area (Å²) in [4.78, 5) is 11.9. The lowest BCUT2D eigenvalue weighted by atomic mass is 10.1. The zero-order valence-corrected chi connectivity index (χ0v) is 12.6. The van der Waals surface area contributed by atoms with Gasteiger partial charge in [0.05, 0.1) is 22.0 Å². The first-order valence-electron chi connectivity index (χ1n) is 6.61. The van der Waals surface area contributed by atoms with Crippen LogP contribution in [0.3, 0.4) is 0 Å². The fourth-order valence-corrected chi connectivity index (χ4v) is 3.10. The first-order valence-corrected chi connectivity index (χ1v) is 7.42. The van der Waals surface area contributed by atoms with Crippen LogP contribution in [-0.2, 0) is 7.05 Å². The number of hydrogen-bond acceptors (Lipinski definition) is 4. The molecule has 0 aliphatic rings. The van der Waals surface area contributed by atoms with Crippen LogP contribution in [0.2, 0.25) is 0 Å². The third kappa shape index (κ3) is 2.68. The van der Waals surface area contributed by atoms with Gasteiger partial charge in [-0.3, -0.25) is 0 Å². The van der Waals surface area contributed by atoms with Crippen molar-refractivity contribution >= 4 is 33.7 Å². The van der Waals surface area contributed by atoms with Crippen molar-refractivity contribution in [2.75, 3.05) is 0 Å². The molecule has 3 aromatic rings. The minimum absolute atomic E-state index is 0.210. The Kier molecular flexibility index (Phi) is 3.84. The first kappa shape index (κ1) is 14.2. The Hall–Kier alpha value is -2.73. The number of carboxylic acids is 1. The van der Waals surface area contributed by atoms with Gasteiger partial charge < -0.3 is 9.67 Å². The SMILES string of the molecule is Cn1/c(=N/N=Cc2ccccc2C(=O)O)sc2ccccc21. The molecular weight excluding hydrogens is 298 g/mol. The molecule has 1 aromatic heterocycles. The first-order chi connectivity index (χ1) is 10.7. The molecule has 0 atom stereocenters. The molecule has 22 heavy (non-hydrogen) atoms. The van der Waals surface area contributed by atoms with Gasteiger partial charge >= 0.3 is 5.97 Å². The van der Waals surface area contributed by atoms with Crippen LogP contribution in [0.15, 0.2) is 58.7 Å². The van der Waals surface area contributed by atoms with Gasteiger partial charge in [-0.05, 0) is 18.2 Å². The summed E-state index contributed by atoms with van der Waals surface area (Å²) in [5.74, 6) is -0.977. The summed E-state index contributed by atoms with van der Waals surface area (Å²) in [6.07, 6.45) is 1.47. The van der Waals surface area contributed by atoms with E-state index >= 15 is 0 Å². The molecule has 0 fully saturated rings. The van der Waals surface area contributed by atoms with Gasteiger partial charge in [0, 0.05) is 12.6 Å². The van der Waals surface area contributed by atoms with Crippen LogP contribution >= 0.6 is 11.3 Å². The molecule has 3 rings (SSSR count). The highest BCUT2D eigenvalue weighted by atomic mass is 32.1. The maximum absolute atomic E-state index is 11.1. The molecule has 0 amide bonds. The zero-order valence-electron chi connectivity index (χ0n) is 11.8. The standard InChI is InChI=1S/C16H13N3O2S/c1-19-13-8-4-5-9-14(13)22-16(19)18-17-10-11-6-2-3-7-12(11)15(20)21/h2-10H,1H3,(H,20,21)/b17-10?,18-16-. The van der Waals surface area contributed by atoms with E-state index in [9.17, 15) is 4.79 Å². The molecule has 110 valence electrons. The van der Waals surface area contributed by atoms with E-state index in [1.54, 1.807) is 24.3 Å². The lowest BCUT2D eigenvalue weighted by molar-refractivity contribution is 0.0697. The molecule has 0 saturated heterocycles. The smallest absolute Gasteiger partial charge is 0.336 e. The summed E-state index contributed by atoms with van der Waals surface area (Å²) in [5, 5.41) is 17.4. The summed E-state index contributed by atoms with van der Waals surface area (Å²) in [6.45, 7) is 0. The predicted molar refractivity (Wildman–Crippen MR) is 87.4 cm³/mol. The predicted octanol–water partition coefficient (Wildman–Crippen LogP) is 2.87. The van der Waals surface area contributed by atoms with Gasteiger partial charge in [0.15, 0.2) is 0 Å². The van der Waals surface area contributed by atoms with Crippen LogP contribution < -0.4 is 4.80 Å². The molecule has 2 aromatic carbocycles. The highest BCUT2D eigenvalue weighted by Crippen LogP contribution is 2.15. The molecule has 1 heterocycles. The summed E-state index contributed by atoms with van der Waals surface area (Å²) >= 11 is 1.54. The number of aryl methyl sites for hydroxylation is 1. The van der Waals surface area contributed by atoms with Crippen molar-refractivity contribution in [3.05, 3.63) is 64.5 Å². The van der Waals surface area contributed by atoms with E-state index in [-0.39, 0.29) is 5.56 Å². The van der Waals surface area contributed by atoms with Crippen LogP contribution in [-0.4, -0.2) is 21.9 Å².